The van der Waals surface area contributed by atoms with E-state index in [0.717, 1.165) is 10.6 Å². The van der Waals surface area contributed by atoms with E-state index in [9.17, 15) is 4.79 Å². The van der Waals surface area contributed by atoms with E-state index in [0.29, 0.717) is 17.0 Å². The third-order valence-corrected chi connectivity index (χ3v) is 3.81. The van der Waals surface area contributed by atoms with Crippen LogP contribution in [0.15, 0.2) is 36.4 Å². The SMILES string of the molecule is CN(C(=O)c1ccc(C#CCN)s1)c1ccc(C#N)cc1. The Bertz CT molecular complexity index is 744. The van der Waals surface area contributed by atoms with Crippen LogP contribution in [0.1, 0.15) is 20.1 Å². The standard InChI is InChI=1S/C16H13N3OS/c1-19(13-6-4-12(11-18)5-7-13)16(20)15-9-8-14(21-15)3-2-10-17/h4-9H,10,17H2,1H3. The number of hydrogen-bond acceptors (Lipinski definition) is 4. The molecule has 5 heteroatoms. The van der Waals surface area contributed by atoms with Gasteiger partial charge in [-0.3, -0.25) is 4.79 Å². The summed E-state index contributed by atoms with van der Waals surface area (Å²) in [7, 11) is 1.70. The number of amides is 1. The van der Waals surface area contributed by atoms with Crippen LogP contribution in [0.2, 0.25) is 0 Å². The minimum atomic E-state index is -0.106. The van der Waals surface area contributed by atoms with Gasteiger partial charge in [-0.1, -0.05) is 11.8 Å². The lowest BCUT2D eigenvalue weighted by molar-refractivity contribution is 0.0997. The number of nitriles is 1. The highest BCUT2D eigenvalue weighted by atomic mass is 32.1. The Morgan fingerprint density at radius 2 is 2.00 bits per heavy atom. The fourth-order valence-corrected chi connectivity index (χ4v) is 2.56. The number of hydrogen-bond donors (Lipinski definition) is 1. The Kier molecular flexibility index (Phi) is 4.73. The van der Waals surface area contributed by atoms with Gasteiger partial charge in [0.25, 0.3) is 5.91 Å². The van der Waals surface area contributed by atoms with E-state index in [-0.39, 0.29) is 5.91 Å². The molecule has 0 bridgehead atoms. The first-order valence-corrected chi connectivity index (χ1v) is 7.04. The van der Waals surface area contributed by atoms with Crippen molar-refractivity contribution in [2.45, 2.75) is 0 Å². The molecule has 0 fully saturated rings. The lowest BCUT2D eigenvalue weighted by atomic mass is 10.2. The van der Waals surface area contributed by atoms with Gasteiger partial charge in [0, 0.05) is 12.7 Å². The molecule has 1 amide bonds. The second kappa shape index (κ2) is 6.71. The van der Waals surface area contributed by atoms with E-state index in [1.165, 1.54) is 11.3 Å². The summed E-state index contributed by atoms with van der Waals surface area (Å²) < 4.78 is 0. The zero-order chi connectivity index (χ0) is 15.2. The number of benzene rings is 1. The Labute approximate surface area is 127 Å². The predicted octanol–water partition coefficient (Wildman–Crippen LogP) is 2.21. The highest BCUT2D eigenvalue weighted by Crippen LogP contribution is 2.21. The fraction of sp³-hybridized carbons (Fsp3) is 0.125. The maximum atomic E-state index is 12.4. The van der Waals surface area contributed by atoms with Crippen molar-refractivity contribution in [3.63, 3.8) is 0 Å². The van der Waals surface area contributed by atoms with Crippen molar-refractivity contribution in [2.75, 3.05) is 18.5 Å². The number of thiophene rings is 1. The molecular weight excluding hydrogens is 282 g/mol. The van der Waals surface area contributed by atoms with Crippen molar-refractivity contribution in [2.24, 2.45) is 5.73 Å². The zero-order valence-corrected chi connectivity index (χ0v) is 12.3. The summed E-state index contributed by atoms with van der Waals surface area (Å²) in [6, 6.07) is 12.5. The zero-order valence-electron chi connectivity index (χ0n) is 11.5. The van der Waals surface area contributed by atoms with Crippen LogP contribution in [0.4, 0.5) is 5.69 Å². The third-order valence-electron chi connectivity index (χ3n) is 2.82. The lowest BCUT2D eigenvalue weighted by Crippen LogP contribution is -2.25. The van der Waals surface area contributed by atoms with Gasteiger partial charge in [-0.2, -0.15) is 5.26 Å². The molecule has 1 aromatic carbocycles. The van der Waals surface area contributed by atoms with Gasteiger partial charge in [-0.25, -0.2) is 0 Å². The van der Waals surface area contributed by atoms with Crippen LogP contribution in [0.5, 0.6) is 0 Å². The predicted molar refractivity (Wildman–Crippen MR) is 84.1 cm³/mol. The molecule has 1 heterocycles. The molecule has 2 N–H and O–H groups in total. The molecule has 0 unspecified atom stereocenters. The number of carbonyl (C=O) groups excluding carboxylic acids is 1. The molecule has 0 radical (unpaired) electrons. The van der Waals surface area contributed by atoms with E-state index in [1.54, 1.807) is 42.3 Å². The van der Waals surface area contributed by atoms with E-state index in [4.69, 9.17) is 11.0 Å². The van der Waals surface area contributed by atoms with Crippen LogP contribution in [0.25, 0.3) is 0 Å². The Balaban J connectivity index is 2.18. The maximum absolute atomic E-state index is 12.4. The lowest BCUT2D eigenvalue weighted by Gasteiger charge is -2.16. The van der Waals surface area contributed by atoms with Gasteiger partial charge in [0.2, 0.25) is 0 Å². The van der Waals surface area contributed by atoms with E-state index < -0.39 is 0 Å². The van der Waals surface area contributed by atoms with Crippen LogP contribution >= 0.6 is 11.3 Å². The highest BCUT2D eigenvalue weighted by Gasteiger charge is 2.15. The van der Waals surface area contributed by atoms with Crippen LogP contribution < -0.4 is 10.6 Å². The second-order valence-corrected chi connectivity index (χ2v) is 5.28. The largest absolute Gasteiger partial charge is 0.320 e. The van der Waals surface area contributed by atoms with Gasteiger partial charge < -0.3 is 10.6 Å². The van der Waals surface area contributed by atoms with Gasteiger partial charge in [-0.15, -0.1) is 11.3 Å². The van der Waals surface area contributed by atoms with Crippen LogP contribution in [-0.2, 0) is 0 Å². The minimum absolute atomic E-state index is 0.106. The van der Waals surface area contributed by atoms with Gasteiger partial charge in [0.1, 0.15) is 0 Å². The van der Waals surface area contributed by atoms with Crippen molar-refractivity contribution < 1.29 is 4.79 Å². The number of carbonyl (C=O) groups is 1. The average Bonchev–Trinajstić information content (AvgIpc) is 3.00. The van der Waals surface area contributed by atoms with Gasteiger partial charge >= 0.3 is 0 Å². The number of anilines is 1. The average molecular weight is 295 g/mol. The fourth-order valence-electron chi connectivity index (χ4n) is 1.70. The van der Waals surface area contributed by atoms with E-state index >= 15 is 0 Å². The molecule has 104 valence electrons. The maximum Gasteiger partial charge on any atom is 0.268 e. The number of nitrogens with zero attached hydrogens (tertiary/aromatic N) is 2. The van der Waals surface area contributed by atoms with Crippen molar-refractivity contribution in [1.82, 2.24) is 0 Å². The van der Waals surface area contributed by atoms with Crippen molar-refractivity contribution >= 4 is 22.9 Å². The molecule has 0 aliphatic heterocycles. The first kappa shape index (κ1) is 14.8. The quantitative estimate of drug-likeness (QED) is 0.864. The summed E-state index contributed by atoms with van der Waals surface area (Å²) in [4.78, 5) is 15.4. The van der Waals surface area contributed by atoms with Crippen LogP contribution in [0, 0.1) is 23.2 Å². The molecule has 0 spiro atoms. The highest BCUT2D eigenvalue weighted by molar-refractivity contribution is 7.14. The van der Waals surface area contributed by atoms with Gasteiger partial charge in [0.05, 0.1) is 27.9 Å². The van der Waals surface area contributed by atoms with Crippen molar-refractivity contribution in [3.8, 4) is 17.9 Å². The molecule has 2 rings (SSSR count). The van der Waals surface area contributed by atoms with E-state index in [2.05, 4.69) is 17.9 Å². The molecule has 0 aliphatic rings. The van der Waals surface area contributed by atoms with Crippen LogP contribution in [0.3, 0.4) is 0 Å². The number of nitrogens with two attached hydrogens (primary N) is 1. The second-order valence-electron chi connectivity index (χ2n) is 4.19. The summed E-state index contributed by atoms with van der Waals surface area (Å²) in [6.45, 7) is 0.298. The molecule has 0 saturated heterocycles. The van der Waals surface area contributed by atoms with Crippen molar-refractivity contribution in [3.05, 3.63) is 51.7 Å². The Morgan fingerprint density at radius 3 is 2.62 bits per heavy atom. The third kappa shape index (κ3) is 3.49. The summed E-state index contributed by atoms with van der Waals surface area (Å²) in [6.07, 6.45) is 0. The van der Waals surface area contributed by atoms with Crippen molar-refractivity contribution in [1.29, 1.82) is 5.26 Å². The Morgan fingerprint density at radius 1 is 1.29 bits per heavy atom. The molecule has 0 atom stereocenters. The molecule has 0 saturated carbocycles. The normalized spacial score (nSPS) is 9.38. The summed E-state index contributed by atoms with van der Waals surface area (Å²) in [5, 5.41) is 8.78. The van der Waals surface area contributed by atoms with Crippen LogP contribution in [-0.4, -0.2) is 19.5 Å². The summed E-state index contributed by atoms with van der Waals surface area (Å²) in [5.74, 6) is 5.57. The summed E-state index contributed by atoms with van der Waals surface area (Å²) in [5.41, 5.74) is 6.63. The topological polar surface area (TPSA) is 70.1 Å². The monoisotopic (exact) mass is 295 g/mol. The number of rotatable bonds is 2. The molecular formula is C16H13N3OS. The first-order valence-electron chi connectivity index (χ1n) is 6.22. The molecule has 2 aromatic rings. The first-order chi connectivity index (χ1) is 10.2. The molecule has 1 aromatic heterocycles. The minimum Gasteiger partial charge on any atom is -0.320 e. The van der Waals surface area contributed by atoms with Gasteiger partial charge in [-0.05, 0) is 36.4 Å². The Hall–Kier alpha value is -2.60. The smallest absolute Gasteiger partial charge is 0.268 e. The molecule has 4 nitrogen and oxygen atoms in total. The molecule has 21 heavy (non-hydrogen) atoms. The van der Waals surface area contributed by atoms with Gasteiger partial charge in [0.15, 0.2) is 0 Å². The summed E-state index contributed by atoms with van der Waals surface area (Å²) >= 11 is 1.34. The van der Waals surface area contributed by atoms with E-state index in [1.807, 2.05) is 6.07 Å². The molecule has 0 aliphatic carbocycles.